The SMILES string of the molecule is Cc1nn(C)c2nc(C3CC3)cc(C(=O)N3CCCC(CO)C3)c12. The van der Waals surface area contributed by atoms with E-state index in [0.29, 0.717) is 12.5 Å². The number of aryl methyl sites for hydroxylation is 2. The van der Waals surface area contributed by atoms with Crippen LogP contribution < -0.4 is 0 Å². The number of hydrogen-bond acceptors (Lipinski definition) is 4. The predicted octanol–water partition coefficient (Wildman–Crippen LogP) is 2.00. The lowest BCUT2D eigenvalue weighted by Crippen LogP contribution is -2.41. The summed E-state index contributed by atoms with van der Waals surface area (Å²) in [5.74, 6) is 0.735. The van der Waals surface area contributed by atoms with Crippen LogP contribution in [0.15, 0.2) is 6.07 Å². The Labute approximate surface area is 141 Å². The number of amides is 1. The Morgan fingerprint density at radius 1 is 1.38 bits per heavy atom. The predicted molar refractivity (Wildman–Crippen MR) is 90.9 cm³/mol. The molecule has 0 radical (unpaired) electrons. The van der Waals surface area contributed by atoms with E-state index in [1.54, 1.807) is 4.68 Å². The maximum atomic E-state index is 13.2. The molecule has 1 saturated heterocycles. The van der Waals surface area contributed by atoms with Crippen LogP contribution in [0.5, 0.6) is 0 Å². The van der Waals surface area contributed by atoms with E-state index in [-0.39, 0.29) is 18.4 Å². The number of rotatable bonds is 3. The standard InChI is InChI=1S/C18H24N4O2/c1-11-16-14(18(24)22-7-3-4-12(9-22)10-23)8-15(13-5-6-13)19-17(16)21(2)20-11/h8,12-13,23H,3-7,9-10H2,1-2H3. The molecule has 128 valence electrons. The van der Waals surface area contributed by atoms with Gasteiger partial charge in [-0.1, -0.05) is 0 Å². The van der Waals surface area contributed by atoms with Crippen LogP contribution in [0.3, 0.4) is 0 Å². The van der Waals surface area contributed by atoms with E-state index in [1.165, 1.54) is 0 Å². The van der Waals surface area contributed by atoms with E-state index >= 15 is 0 Å². The quantitative estimate of drug-likeness (QED) is 0.935. The number of aliphatic hydroxyl groups excluding tert-OH is 1. The molecule has 6 heteroatoms. The maximum absolute atomic E-state index is 13.2. The smallest absolute Gasteiger partial charge is 0.254 e. The van der Waals surface area contributed by atoms with Crippen molar-refractivity contribution in [1.29, 1.82) is 0 Å². The van der Waals surface area contributed by atoms with Gasteiger partial charge in [0.25, 0.3) is 5.91 Å². The van der Waals surface area contributed by atoms with Crippen LogP contribution >= 0.6 is 0 Å². The molecule has 4 rings (SSSR count). The average Bonchev–Trinajstić information content (AvgIpc) is 3.41. The molecular formula is C18H24N4O2. The molecule has 1 aliphatic carbocycles. The first-order valence-electron chi connectivity index (χ1n) is 8.83. The number of carbonyl (C=O) groups excluding carboxylic acids is 1. The molecule has 6 nitrogen and oxygen atoms in total. The topological polar surface area (TPSA) is 71.2 Å². The average molecular weight is 328 g/mol. The molecule has 1 aliphatic heterocycles. The zero-order chi connectivity index (χ0) is 16.8. The van der Waals surface area contributed by atoms with Gasteiger partial charge in [0.1, 0.15) is 0 Å². The zero-order valence-corrected chi connectivity index (χ0v) is 14.3. The fraction of sp³-hybridized carbons (Fsp3) is 0.611. The van der Waals surface area contributed by atoms with E-state index in [2.05, 4.69) is 5.10 Å². The van der Waals surface area contributed by atoms with E-state index in [9.17, 15) is 9.90 Å². The third kappa shape index (κ3) is 2.59. The van der Waals surface area contributed by atoms with Crippen LogP contribution in [-0.4, -0.2) is 50.4 Å². The number of aliphatic hydroxyl groups is 1. The minimum absolute atomic E-state index is 0.0542. The molecule has 1 saturated carbocycles. The summed E-state index contributed by atoms with van der Waals surface area (Å²) in [7, 11) is 1.88. The first kappa shape index (κ1) is 15.6. The van der Waals surface area contributed by atoms with Gasteiger partial charge < -0.3 is 10.0 Å². The summed E-state index contributed by atoms with van der Waals surface area (Å²) in [5, 5.41) is 14.8. The normalized spacial score (nSPS) is 21.5. The van der Waals surface area contributed by atoms with Gasteiger partial charge in [0.05, 0.1) is 16.6 Å². The third-order valence-corrected chi connectivity index (χ3v) is 5.28. The summed E-state index contributed by atoms with van der Waals surface area (Å²) in [6.07, 6.45) is 4.25. The van der Waals surface area contributed by atoms with Crippen molar-refractivity contribution in [2.75, 3.05) is 19.7 Å². The lowest BCUT2D eigenvalue weighted by molar-refractivity contribution is 0.0622. The van der Waals surface area contributed by atoms with E-state index in [4.69, 9.17) is 4.98 Å². The number of piperidine rings is 1. The molecule has 1 unspecified atom stereocenters. The van der Waals surface area contributed by atoms with E-state index < -0.39 is 0 Å². The van der Waals surface area contributed by atoms with Crippen molar-refractivity contribution >= 4 is 16.9 Å². The first-order chi connectivity index (χ1) is 11.6. The van der Waals surface area contributed by atoms with Gasteiger partial charge in [0.2, 0.25) is 0 Å². The monoisotopic (exact) mass is 328 g/mol. The van der Waals surface area contributed by atoms with E-state index in [0.717, 1.165) is 60.2 Å². The molecule has 2 fully saturated rings. The zero-order valence-electron chi connectivity index (χ0n) is 14.3. The molecule has 0 bridgehead atoms. The number of carbonyl (C=O) groups is 1. The molecule has 2 aliphatic rings. The van der Waals surface area contributed by atoms with Gasteiger partial charge in [-0.3, -0.25) is 9.48 Å². The van der Waals surface area contributed by atoms with Crippen LogP contribution in [0.4, 0.5) is 0 Å². The lowest BCUT2D eigenvalue weighted by Gasteiger charge is -2.32. The molecule has 1 N–H and O–H groups in total. The third-order valence-electron chi connectivity index (χ3n) is 5.28. The maximum Gasteiger partial charge on any atom is 0.254 e. The summed E-state index contributed by atoms with van der Waals surface area (Å²) in [4.78, 5) is 19.9. The Morgan fingerprint density at radius 2 is 2.17 bits per heavy atom. The van der Waals surface area contributed by atoms with Crippen molar-refractivity contribution in [3.8, 4) is 0 Å². The number of hydrogen-bond donors (Lipinski definition) is 1. The summed E-state index contributed by atoms with van der Waals surface area (Å²) in [5.41, 5.74) is 3.40. The Hall–Kier alpha value is -1.95. The largest absolute Gasteiger partial charge is 0.396 e. The molecular weight excluding hydrogens is 304 g/mol. The Bertz CT molecular complexity index is 794. The summed E-state index contributed by atoms with van der Waals surface area (Å²) >= 11 is 0. The van der Waals surface area contributed by atoms with Crippen molar-refractivity contribution in [3.05, 3.63) is 23.0 Å². The van der Waals surface area contributed by atoms with Gasteiger partial charge in [-0.2, -0.15) is 5.10 Å². The summed E-state index contributed by atoms with van der Waals surface area (Å²) < 4.78 is 1.78. The second-order valence-corrected chi connectivity index (χ2v) is 7.22. The summed E-state index contributed by atoms with van der Waals surface area (Å²) in [6, 6.07) is 1.99. The van der Waals surface area contributed by atoms with Gasteiger partial charge in [-0.15, -0.1) is 0 Å². The van der Waals surface area contributed by atoms with Crippen LogP contribution in [0.2, 0.25) is 0 Å². The fourth-order valence-corrected chi connectivity index (χ4v) is 3.79. The second kappa shape index (κ2) is 5.84. The van der Waals surface area contributed by atoms with Gasteiger partial charge >= 0.3 is 0 Å². The highest BCUT2D eigenvalue weighted by molar-refractivity contribution is 6.06. The highest BCUT2D eigenvalue weighted by atomic mass is 16.3. The molecule has 2 aromatic heterocycles. The van der Waals surface area contributed by atoms with Gasteiger partial charge in [-0.05, 0) is 44.6 Å². The van der Waals surface area contributed by atoms with Crippen molar-refractivity contribution < 1.29 is 9.90 Å². The highest BCUT2D eigenvalue weighted by Gasteiger charge is 2.31. The molecule has 1 amide bonds. The Morgan fingerprint density at radius 3 is 2.88 bits per heavy atom. The van der Waals surface area contributed by atoms with Crippen molar-refractivity contribution in [1.82, 2.24) is 19.7 Å². The molecule has 0 spiro atoms. The van der Waals surface area contributed by atoms with Crippen LogP contribution in [0.25, 0.3) is 11.0 Å². The number of likely N-dealkylation sites (tertiary alicyclic amines) is 1. The van der Waals surface area contributed by atoms with Crippen molar-refractivity contribution in [2.24, 2.45) is 13.0 Å². The van der Waals surface area contributed by atoms with Gasteiger partial charge in [0, 0.05) is 38.4 Å². The van der Waals surface area contributed by atoms with Crippen molar-refractivity contribution in [2.45, 2.75) is 38.5 Å². The van der Waals surface area contributed by atoms with Crippen LogP contribution in [-0.2, 0) is 7.05 Å². The number of fused-ring (bicyclic) bond motifs is 1. The number of pyridine rings is 1. The molecule has 2 aromatic rings. The molecule has 1 atom stereocenters. The molecule has 0 aromatic carbocycles. The van der Waals surface area contributed by atoms with Gasteiger partial charge in [-0.25, -0.2) is 4.98 Å². The van der Waals surface area contributed by atoms with Crippen LogP contribution in [0.1, 0.15) is 53.3 Å². The number of aromatic nitrogens is 3. The molecule has 24 heavy (non-hydrogen) atoms. The first-order valence-corrected chi connectivity index (χ1v) is 8.83. The van der Waals surface area contributed by atoms with Crippen molar-refractivity contribution in [3.63, 3.8) is 0 Å². The lowest BCUT2D eigenvalue weighted by atomic mass is 9.97. The Balaban J connectivity index is 1.78. The number of nitrogens with zero attached hydrogens (tertiary/aromatic N) is 4. The minimum atomic E-state index is 0.0542. The fourth-order valence-electron chi connectivity index (χ4n) is 3.79. The second-order valence-electron chi connectivity index (χ2n) is 7.22. The van der Waals surface area contributed by atoms with E-state index in [1.807, 2.05) is 24.9 Å². The van der Waals surface area contributed by atoms with Gasteiger partial charge in [0.15, 0.2) is 5.65 Å². The Kier molecular flexibility index (Phi) is 3.79. The highest BCUT2D eigenvalue weighted by Crippen LogP contribution is 2.40. The van der Waals surface area contributed by atoms with Crippen LogP contribution in [0, 0.1) is 12.8 Å². The molecule has 3 heterocycles. The summed E-state index contributed by atoms with van der Waals surface area (Å²) in [6.45, 7) is 3.48. The minimum Gasteiger partial charge on any atom is -0.396 e.